The number of halogens is 2. The quantitative estimate of drug-likeness (QED) is 0.788. The highest BCUT2D eigenvalue weighted by Crippen LogP contribution is 2.34. The molecule has 14 heavy (non-hydrogen) atoms. The molecule has 0 bridgehead atoms. The first-order valence-corrected chi connectivity index (χ1v) is 4.44. The Morgan fingerprint density at radius 1 is 1.50 bits per heavy atom. The van der Waals surface area contributed by atoms with Crippen molar-refractivity contribution in [3.63, 3.8) is 0 Å². The maximum Gasteiger partial charge on any atom is 0.263 e. The molecule has 0 aromatic heterocycles. The third-order valence-corrected chi connectivity index (χ3v) is 2.42. The first-order chi connectivity index (χ1) is 6.72. The highest BCUT2D eigenvalue weighted by atomic mass is 19.3. The predicted octanol–water partition coefficient (Wildman–Crippen LogP) is 2.28. The smallest absolute Gasteiger partial charge is 0.263 e. The normalized spacial score (nSPS) is 19.6. The summed E-state index contributed by atoms with van der Waals surface area (Å²) in [5.41, 5.74) is 0.970. The van der Waals surface area contributed by atoms with Gasteiger partial charge < -0.3 is 10.1 Å². The van der Waals surface area contributed by atoms with E-state index in [0.717, 1.165) is 5.56 Å². The number of rotatable bonds is 2. The average Bonchev–Trinajstić information content (AvgIpc) is 2.59. The van der Waals surface area contributed by atoms with E-state index in [9.17, 15) is 8.78 Å². The maximum absolute atomic E-state index is 12.3. The Balaban J connectivity index is 2.34. The summed E-state index contributed by atoms with van der Waals surface area (Å²) in [4.78, 5) is 0. The molecule has 1 aliphatic rings. The molecule has 4 heteroatoms. The molecule has 1 aliphatic heterocycles. The SMILES string of the molecule is CN[C@@H]1COc2cc(C(F)F)ccc21. The molecule has 0 fully saturated rings. The molecule has 1 N–H and O–H groups in total. The summed E-state index contributed by atoms with van der Waals surface area (Å²) in [5, 5.41) is 3.06. The van der Waals surface area contributed by atoms with Crippen LogP contribution in [0.4, 0.5) is 8.78 Å². The Hall–Kier alpha value is -1.16. The van der Waals surface area contributed by atoms with E-state index in [1.165, 1.54) is 12.1 Å². The van der Waals surface area contributed by atoms with E-state index >= 15 is 0 Å². The molecule has 0 radical (unpaired) electrons. The lowest BCUT2D eigenvalue weighted by Gasteiger charge is -2.06. The molecule has 1 aromatic rings. The number of likely N-dealkylation sites (N-methyl/N-ethyl adjacent to an activating group) is 1. The second-order valence-corrected chi connectivity index (χ2v) is 3.25. The van der Waals surface area contributed by atoms with E-state index in [-0.39, 0.29) is 11.6 Å². The lowest BCUT2D eigenvalue weighted by Crippen LogP contribution is -2.17. The van der Waals surface area contributed by atoms with Crippen molar-refractivity contribution in [1.29, 1.82) is 0 Å². The van der Waals surface area contributed by atoms with Crippen LogP contribution in [0.1, 0.15) is 23.6 Å². The van der Waals surface area contributed by atoms with Crippen molar-refractivity contribution >= 4 is 0 Å². The van der Waals surface area contributed by atoms with Crippen LogP contribution in [0.3, 0.4) is 0 Å². The van der Waals surface area contributed by atoms with Crippen LogP contribution in [0.25, 0.3) is 0 Å². The van der Waals surface area contributed by atoms with E-state index in [2.05, 4.69) is 5.32 Å². The van der Waals surface area contributed by atoms with E-state index in [0.29, 0.717) is 12.4 Å². The highest BCUT2D eigenvalue weighted by Gasteiger charge is 2.23. The summed E-state index contributed by atoms with van der Waals surface area (Å²) in [5.74, 6) is 0.571. The molecule has 1 atom stereocenters. The molecule has 0 saturated heterocycles. The van der Waals surface area contributed by atoms with Crippen LogP contribution in [0.5, 0.6) is 5.75 Å². The minimum atomic E-state index is -2.43. The molecule has 1 heterocycles. The van der Waals surface area contributed by atoms with Crippen LogP contribution in [-0.2, 0) is 0 Å². The molecule has 0 aliphatic carbocycles. The molecular weight excluding hydrogens is 188 g/mol. The van der Waals surface area contributed by atoms with Crippen molar-refractivity contribution in [3.8, 4) is 5.75 Å². The Morgan fingerprint density at radius 3 is 2.93 bits per heavy atom. The summed E-state index contributed by atoms with van der Waals surface area (Å²) in [6.07, 6.45) is -2.43. The zero-order chi connectivity index (χ0) is 10.1. The molecule has 0 unspecified atom stereocenters. The number of hydrogen-bond acceptors (Lipinski definition) is 2. The molecule has 0 amide bonds. The van der Waals surface area contributed by atoms with E-state index in [1.807, 2.05) is 7.05 Å². The van der Waals surface area contributed by atoms with Gasteiger partial charge in [-0.3, -0.25) is 0 Å². The molecule has 2 nitrogen and oxygen atoms in total. The van der Waals surface area contributed by atoms with Crippen molar-refractivity contribution in [2.24, 2.45) is 0 Å². The van der Waals surface area contributed by atoms with E-state index in [1.54, 1.807) is 6.07 Å². The van der Waals surface area contributed by atoms with Gasteiger partial charge in [-0.15, -0.1) is 0 Å². The number of fused-ring (bicyclic) bond motifs is 1. The fourth-order valence-corrected chi connectivity index (χ4v) is 1.60. The second kappa shape index (κ2) is 3.53. The zero-order valence-electron chi connectivity index (χ0n) is 7.76. The predicted molar refractivity (Wildman–Crippen MR) is 48.7 cm³/mol. The van der Waals surface area contributed by atoms with Crippen LogP contribution >= 0.6 is 0 Å². The summed E-state index contributed by atoms with van der Waals surface area (Å²) in [6.45, 7) is 0.512. The number of benzene rings is 1. The Kier molecular flexibility index (Phi) is 2.37. The number of nitrogens with one attached hydrogen (secondary N) is 1. The highest BCUT2D eigenvalue weighted by molar-refractivity contribution is 5.42. The van der Waals surface area contributed by atoms with Crippen molar-refractivity contribution in [3.05, 3.63) is 29.3 Å². The molecular formula is C10H11F2NO. The molecule has 2 rings (SSSR count). The van der Waals surface area contributed by atoms with Gasteiger partial charge in [0.25, 0.3) is 6.43 Å². The topological polar surface area (TPSA) is 21.3 Å². The van der Waals surface area contributed by atoms with Crippen LogP contribution < -0.4 is 10.1 Å². The lowest BCUT2D eigenvalue weighted by atomic mass is 10.1. The van der Waals surface area contributed by atoms with Crippen LogP contribution in [0.2, 0.25) is 0 Å². The Morgan fingerprint density at radius 2 is 2.29 bits per heavy atom. The van der Waals surface area contributed by atoms with Crippen molar-refractivity contribution in [2.45, 2.75) is 12.5 Å². The largest absolute Gasteiger partial charge is 0.491 e. The van der Waals surface area contributed by atoms with Crippen molar-refractivity contribution in [1.82, 2.24) is 5.32 Å². The van der Waals surface area contributed by atoms with Crippen LogP contribution in [0, 0.1) is 0 Å². The zero-order valence-corrected chi connectivity index (χ0v) is 7.76. The van der Waals surface area contributed by atoms with Gasteiger partial charge in [-0.05, 0) is 13.1 Å². The molecule has 0 saturated carbocycles. The minimum Gasteiger partial charge on any atom is -0.491 e. The van der Waals surface area contributed by atoms with E-state index < -0.39 is 6.43 Å². The summed E-state index contributed by atoms with van der Waals surface area (Å²) >= 11 is 0. The van der Waals surface area contributed by atoms with Gasteiger partial charge in [0.15, 0.2) is 0 Å². The van der Waals surface area contributed by atoms with Gasteiger partial charge in [-0.2, -0.15) is 0 Å². The van der Waals surface area contributed by atoms with Gasteiger partial charge in [0.1, 0.15) is 12.4 Å². The van der Waals surface area contributed by atoms with Crippen LogP contribution in [0.15, 0.2) is 18.2 Å². The fraction of sp³-hybridized carbons (Fsp3) is 0.400. The van der Waals surface area contributed by atoms with Crippen molar-refractivity contribution in [2.75, 3.05) is 13.7 Å². The Bertz CT molecular complexity index is 341. The van der Waals surface area contributed by atoms with Gasteiger partial charge in [0.05, 0.1) is 6.04 Å². The van der Waals surface area contributed by atoms with Gasteiger partial charge in [-0.1, -0.05) is 12.1 Å². The number of ether oxygens (including phenoxy) is 1. The van der Waals surface area contributed by atoms with Gasteiger partial charge >= 0.3 is 0 Å². The third kappa shape index (κ3) is 1.46. The standard InChI is InChI=1S/C10H11F2NO/c1-13-8-5-14-9-4-6(10(11)12)2-3-7(8)9/h2-4,8,10,13H,5H2,1H3/t8-/m1/s1. The summed E-state index contributed by atoms with van der Waals surface area (Å²) in [7, 11) is 1.82. The lowest BCUT2D eigenvalue weighted by molar-refractivity contribution is 0.151. The second-order valence-electron chi connectivity index (χ2n) is 3.25. The van der Waals surface area contributed by atoms with Crippen molar-refractivity contribution < 1.29 is 13.5 Å². The molecule has 76 valence electrons. The number of alkyl halides is 2. The first kappa shape index (κ1) is 9.40. The fourth-order valence-electron chi connectivity index (χ4n) is 1.60. The maximum atomic E-state index is 12.3. The van der Waals surface area contributed by atoms with E-state index in [4.69, 9.17) is 4.74 Å². The average molecular weight is 199 g/mol. The van der Waals surface area contributed by atoms with Crippen LogP contribution in [-0.4, -0.2) is 13.7 Å². The van der Waals surface area contributed by atoms with Gasteiger partial charge in [-0.25, -0.2) is 8.78 Å². The first-order valence-electron chi connectivity index (χ1n) is 4.44. The minimum absolute atomic E-state index is 0.0144. The van der Waals surface area contributed by atoms with Gasteiger partial charge in [0, 0.05) is 11.1 Å². The molecule has 0 spiro atoms. The number of hydrogen-bond donors (Lipinski definition) is 1. The third-order valence-electron chi connectivity index (χ3n) is 2.42. The molecule has 1 aromatic carbocycles. The summed E-state index contributed by atoms with van der Waals surface area (Å²) < 4.78 is 30.0. The summed E-state index contributed by atoms with van der Waals surface area (Å²) in [6, 6.07) is 4.68. The van der Waals surface area contributed by atoms with Gasteiger partial charge in [0.2, 0.25) is 0 Å². The monoisotopic (exact) mass is 199 g/mol. The Labute approximate surface area is 80.9 Å².